The van der Waals surface area contributed by atoms with Gasteiger partial charge in [-0.05, 0) is 38.3 Å². The van der Waals surface area contributed by atoms with E-state index in [1.165, 1.54) is 17.7 Å². The van der Waals surface area contributed by atoms with Crippen LogP contribution in [0.1, 0.15) is 35.7 Å². The van der Waals surface area contributed by atoms with Crippen LogP contribution in [0, 0.1) is 13.8 Å². The molecule has 136 valence electrons. The molecule has 1 fully saturated rings. The number of benzene rings is 1. The van der Waals surface area contributed by atoms with Crippen molar-refractivity contribution >= 4 is 29.9 Å². The molecule has 2 unspecified atom stereocenters. The molecule has 1 aliphatic rings. The smallest absolute Gasteiger partial charge is 0.191 e. The van der Waals surface area contributed by atoms with Gasteiger partial charge in [0, 0.05) is 37.8 Å². The van der Waals surface area contributed by atoms with E-state index in [0.29, 0.717) is 12.0 Å². The zero-order valence-electron chi connectivity index (χ0n) is 15.2. The molecule has 25 heavy (non-hydrogen) atoms. The highest BCUT2D eigenvalue weighted by Crippen LogP contribution is 2.40. The quantitative estimate of drug-likeness (QED) is 0.306. The third-order valence-electron chi connectivity index (χ3n) is 4.51. The molecule has 3 rings (SSSR count). The molecular weight excluding hydrogens is 425 g/mol. The monoisotopic (exact) mass is 453 g/mol. The van der Waals surface area contributed by atoms with Crippen LogP contribution in [0.25, 0.3) is 0 Å². The Morgan fingerprint density at radius 2 is 2.04 bits per heavy atom. The van der Waals surface area contributed by atoms with Crippen molar-refractivity contribution < 1.29 is 0 Å². The van der Waals surface area contributed by atoms with E-state index in [2.05, 4.69) is 68.7 Å². The maximum atomic E-state index is 4.49. The summed E-state index contributed by atoms with van der Waals surface area (Å²) < 4.78 is 2.07. The first-order valence-electron chi connectivity index (χ1n) is 8.70. The van der Waals surface area contributed by atoms with Crippen LogP contribution in [-0.4, -0.2) is 35.4 Å². The molecule has 6 heteroatoms. The third-order valence-corrected chi connectivity index (χ3v) is 4.51. The van der Waals surface area contributed by atoms with E-state index in [4.69, 9.17) is 0 Å². The molecule has 0 aliphatic heterocycles. The molecule has 1 aliphatic carbocycles. The van der Waals surface area contributed by atoms with E-state index in [9.17, 15) is 0 Å². The Kier molecular flexibility index (Phi) is 7.28. The van der Waals surface area contributed by atoms with Gasteiger partial charge in [-0.2, -0.15) is 5.10 Å². The lowest BCUT2D eigenvalue weighted by Gasteiger charge is -2.12. The molecule has 1 aromatic heterocycles. The summed E-state index contributed by atoms with van der Waals surface area (Å²) in [5.74, 6) is 1.51. The van der Waals surface area contributed by atoms with Crippen LogP contribution in [0.3, 0.4) is 0 Å². The van der Waals surface area contributed by atoms with Crippen LogP contribution in [-0.2, 0) is 6.54 Å². The molecule has 0 radical (unpaired) electrons. The fraction of sp³-hybridized carbons (Fsp3) is 0.474. The van der Waals surface area contributed by atoms with Crippen LogP contribution in [0.4, 0.5) is 0 Å². The van der Waals surface area contributed by atoms with Crippen molar-refractivity contribution in [2.24, 2.45) is 4.99 Å². The predicted octanol–water partition coefficient (Wildman–Crippen LogP) is 3.23. The standard InChI is InChI=1S/C19H27N5.HI/c1-14-12-15(2)24(23-14)11-7-10-21-19(20-3)22-18-13-17(18)16-8-5-4-6-9-16;/h4-6,8-9,12,17-18H,7,10-11,13H2,1-3H3,(H2,20,21,22);1H. The second-order valence-electron chi connectivity index (χ2n) is 6.51. The number of nitrogens with zero attached hydrogens (tertiary/aromatic N) is 3. The number of halogens is 1. The molecule has 2 N–H and O–H groups in total. The number of aliphatic imine (C=N–C) groups is 1. The van der Waals surface area contributed by atoms with Gasteiger partial charge in [-0.3, -0.25) is 9.67 Å². The molecule has 0 saturated heterocycles. The second-order valence-corrected chi connectivity index (χ2v) is 6.51. The van der Waals surface area contributed by atoms with Crippen LogP contribution >= 0.6 is 24.0 Å². The van der Waals surface area contributed by atoms with Crippen LogP contribution < -0.4 is 10.6 Å². The van der Waals surface area contributed by atoms with Gasteiger partial charge in [0.25, 0.3) is 0 Å². The summed E-state index contributed by atoms with van der Waals surface area (Å²) >= 11 is 0. The first-order chi connectivity index (χ1) is 11.7. The summed E-state index contributed by atoms with van der Waals surface area (Å²) in [6.45, 7) is 5.96. The number of hydrogen-bond acceptors (Lipinski definition) is 2. The van der Waals surface area contributed by atoms with E-state index < -0.39 is 0 Å². The summed E-state index contributed by atoms with van der Waals surface area (Å²) in [5.41, 5.74) is 3.72. The van der Waals surface area contributed by atoms with E-state index in [1.54, 1.807) is 0 Å². The van der Waals surface area contributed by atoms with Gasteiger partial charge in [0.2, 0.25) is 0 Å². The highest BCUT2D eigenvalue weighted by atomic mass is 127. The summed E-state index contributed by atoms with van der Waals surface area (Å²) in [5, 5.41) is 11.4. The second kappa shape index (κ2) is 9.22. The molecular formula is C19H28IN5. The van der Waals surface area contributed by atoms with Crippen LogP contribution in [0.2, 0.25) is 0 Å². The molecule has 5 nitrogen and oxygen atoms in total. The average Bonchev–Trinajstić information content (AvgIpc) is 3.28. The minimum atomic E-state index is 0. The topological polar surface area (TPSA) is 54.2 Å². The van der Waals surface area contributed by atoms with Gasteiger partial charge in [-0.1, -0.05) is 30.3 Å². The summed E-state index contributed by atoms with van der Waals surface area (Å²) in [7, 11) is 1.83. The van der Waals surface area contributed by atoms with Crippen molar-refractivity contribution in [3.63, 3.8) is 0 Å². The highest BCUT2D eigenvalue weighted by Gasteiger charge is 2.38. The van der Waals surface area contributed by atoms with Gasteiger partial charge in [-0.15, -0.1) is 24.0 Å². The Morgan fingerprint density at radius 1 is 1.28 bits per heavy atom. The summed E-state index contributed by atoms with van der Waals surface area (Å²) in [6, 6.07) is 13.3. The maximum absolute atomic E-state index is 4.49. The number of aryl methyl sites for hydroxylation is 3. The number of guanidine groups is 1. The Morgan fingerprint density at radius 3 is 2.68 bits per heavy atom. The Labute approximate surface area is 167 Å². The Hall–Kier alpha value is -1.57. The van der Waals surface area contributed by atoms with E-state index in [0.717, 1.165) is 31.2 Å². The van der Waals surface area contributed by atoms with E-state index in [-0.39, 0.29) is 24.0 Å². The van der Waals surface area contributed by atoms with Gasteiger partial charge in [0.05, 0.1) is 5.69 Å². The fourth-order valence-corrected chi connectivity index (χ4v) is 3.13. The number of aromatic nitrogens is 2. The van der Waals surface area contributed by atoms with Crippen LogP contribution in [0.15, 0.2) is 41.4 Å². The predicted molar refractivity (Wildman–Crippen MR) is 114 cm³/mol. The van der Waals surface area contributed by atoms with E-state index >= 15 is 0 Å². The normalized spacial score (nSPS) is 19.2. The SMILES string of the molecule is CN=C(NCCCn1nc(C)cc1C)NC1CC1c1ccccc1.I. The van der Waals surface area contributed by atoms with Crippen molar-refractivity contribution in [3.05, 3.63) is 53.3 Å². The molecule has 2 atom stereocenters. The van der Waals surface area contributed by atoms with Gasteiger partial charge in [0.1, 0.15) is 0 Å². The Bertz CT molecular complexity index is 695. The van der Waals surface area contributed by atoms with Gasteiger partial charge in [0.15, 0.2) is 5.96 Å². The molecule has 0 amide bonds. The molecule has 1 heterocycles. The average molecular weight is 453 g/mol. The number of rotatable bonds is 6. The van der Waals surface area contributed by atoms with E-state index in [1.807, 2.05) is 14.0 Å². The van der Waals surface area contributed by atoms with Crippen molar-refractivity contribution in [2.75, 3.05) is 13.6 Å². The number of nitrogens with one attached hydrogen (secondary N) is 2. The largest absolute Gasteiger partial charge is 0.356 e. The molecule has 0 bridgehead atoms. The van der Waals surface area contributed by atoms with Crippen molar-refractivity contribution in [2.45, 2.75) is 45.2 Å². The lowest BCUT2D eigenvalue weighted by molar-refractivity contribution is 0.555. The van der Waals surface area contributed by atoms with Crippen molar-refractivity contribution in [1.29, 1.82) is 0 Å². The van der Waals surface area contributed by atoms with Gasteiger partial charge < -0.3 is 10.6 Å². The lowest BCUT2D eigenvalue weighted by atomic mass is 10.1. The van der Waals surface area contributed by atoms with Crippen molar-refractivity contribution in [1.82, 2.24) is 20.4 Å². The van der Waals surface area contributed by atoms with Crippen molar-refractivity contribution in [3.8, 4) is 0 Å². The molecule has 0 spiro atoms. The van der Waals surface area contributed by atoms with Gasteiger partial charge >= 0.3 is 0 Å². The number of hydrogen-bond donors (Lipinski definition) is 2. The highest BCUT2D eigenvalue weighted by molar-refractivity contribution is 14.0. The molecule has 1 aromatic carbocycles. The summed E-state index contributed by atoms with van der Waals surface area (Å²) in [4.78, 5) is 4.33. The minimum absolute atomic E-state index is 0. The maximum Gasteiger partial charge on any atom is 0.191 e. The zero-order valence-corrected chi connectivity index (χ0v) is 17.5. The van der Waals surface area contributed by atoms with Crippen LogP contribution in [0.5, 0.6) is 0 Å². The zero-order chi connectivity index (χ0) is 16.9. The first kappa shape index (κ1) is 19.8. The minimum Gasteiger partial charge on any atom is -0.356 e. The Balaban J connectivity index is 0.00000225. The first-order valence-corrected chi connectivity index (χ1v) is 8.70. The third kappa shape index (κ3) is 5.45. The van der Waals surface area contributed by atoms with Gasteiger partial charge in [-0.25, -0.2) is 0 Å². The molecule has 1 saturated carbocycles. The summed E-state index contributed by atoms with van der Waals surface area (Å²) in [6.07, 6.45) is 2.20. The fourth-order valence-electron chi connectivity index (χ4n) is 3.13. The lowest BCUT2D eigenvalue weighted by Crippen LogP contribution is -2.39. The molecule has 2 aromatic rings.